The fraction of sp³-hybridized carbons (Fsp3) is 0. The lowest BCUT2D eigenvalue weighted by Gasteiger charge is -2.03. The maximum atomic E-state index is 11.1. The Morgan fingerprint density at radius 1 is 1.11 bits per heavy atom. The molecule has 2 aromatic carbocycles. The molecule has 0 atom stereocenters. The van der Waals surface area contributed by atoms with Gasteiger partial charge in [0.2, 0.25) is 0 Å². The van der Waals surface area contributed by atoms with Gasteiger partial charge in [0.15, 0.2) is 11.9 Å². The Balaban J connectivity index is 2.36. The molecule has 0 saturated carbocycles. The van der Waals surface area contributed by atoms with E-state index in [1.54, 1.807) is 18.2 Å². The second-order valence-corrected chi connectivity index (χ2v) is 4.26. The molecule has 3 rings (SSSR count). The van der Waals surface area contributed by atoms with E-state index in [1.807, 2.05) is 24.3 Å². The highest BCUT2D eigenvalue weighted by Gasteiger charge is 2.16. The molecule has 0 fully saturated rings. The van der Waals surface area contributed by atoms with Crippen LogP contribution in [0.1, 0.15) is 10.4 Å². The van der Waals surface area contributed by atoms with Crippen LogP contribution in [0.2, 0.25) is 5.02 Å². The van der Waals surface area contributed by atoms with E-state index in [1.165, 1.54) is 0 Å². The van der Waals surface area contributed by atoms with Gasteiger partial charge in [0.05, 0.1) is 5.02 Å². The van der Waals surface area contributed by atoms with E-state index >= 15 is 0 Å². The predicted octanol–water partition coefficient (Wildman–Crippen LogP) is 3.96. The molecule has 0 saturated heterocycles. The molecule has 0 aliphatic rings. The van der Waals surface area contributed by atoms with Crippen molar-refractivity contribution in [3.63, 3.8) is 0 Å². The zero-order chi connectivity index (χ0) is 12.5. The Labute approximate surface area is 108 Å². The van der Waals surface area contributed by atoms with E-state index in [2.05, 4.69) is 5.16 Å². The maximum Gasteiger partial charge on any atom is 0.167 e. The first kappa shape index (κ1) is 11.0. The Morgan fingerprint density at radius 3 is 2.78 bits per heavy atom. The molecule has 1 heterocycles. The van der Waals surface area contributed by atoms with Gasteiger partial charge in [0.1, 0.15) is 5.69 Å². The van der Waals surface area contributed by atoms with Crippen LogP contribution in [0.3, 0.4) is 0 Å². The van der Waals surface area contributed by atoms with Crippen molar-refractivity contribution in [3.05, 3.63) is 53.1 Å². The van der Waals surface area contributed by atoms with Crippen LogP contribution < -0.4 is 0 Å². The van der Waals surface area contributed by atoms with Gasteiger partial charge in [-0.1, -0.05) is 41.0 Å². The first-order valence-electron chi connectivity index (χ1n) is 5.40. The third-order valence-electron chi connectivity index (χ3n) is 2.79. The zero-order valence-electron chi connectivity index (χ0n) is 9.26. The van der Waals surface area contributed by atoms with E-state index in [-0.39, 0.29) is 0 Å². The average Bonchev–Trinajstić information content (AvgIpc) is 2.82. The number of aldehydes is 1. The van der Waals surface area contributed by atoms with Gasteiger partial charge in [0, 0.05) is 16.5 Å². The van der Waals surface area contributed by atoms with Gasteiger partial charge in [0.25, 0.3) is 0 Å². The lowest BCUT2D eigenvalue weighted by Crippen LogP contribution is -1.89. The number of fused-ring (bicyclic) bond motifs is 1. The van der Waals surface area contributed by atoms with E-state index < -0.39 is 0 Å². The summed E-state index contributed by atoms with van der Waals surface area (Å²) in [5, 5.41) is 5.34. The number of carbonyl (C=O) groups is 1. The standard InChI is InChI=1S/C14H8ClNO2/c15-11-6-3-4-9(8-17)13(11)14-10-5-1-2-7-12(10)18-16-14/h1-8H. The van der Waals surface area contributed by atoms with Gasteiger partial charge in [-0.05, 0) is 18.2 Å². The molecule has 0 unspecified atom stereocenters. The van der Waals surface area contributed by atoms with Crippen molar-refractivity contribution in [2.45, 2.75) is 0 Å². The van der Waals surface area contributed by atoms with Crippen molar-refractivity contribution in [1.82, 2.24) is 5.16 Å². The molecule has 3 nitrogen and oxygen atoms in total. The van der Waals surface area contributed by atoms with Gasteiger partial charge in [-0.25, -0.2) is 0 Å². The van der Waals surface area contributed by atoms with E-state index in [4.69, 9.17) is 16.1 Å². The number of nitrogens with zero attached hydrogens (tertiary/aromatic N) is 1. The van der Waals surface area contributed by atoms with Crippen molar-refractivity contribution in [1.29, 1.82) is 0 Å². The van der Waals surface area contributed by atoms with Crippen LogP contribution in [0, 0.1) is 0 Å². The predicted molar refractivity (Wildman–Crippen MR) is 69.8 cm³/mol. The highest BCUT2D eigenvalue weighted by Crippen LogP contribution is 2.34. The minimum Gasteiger partial charge on any atom is -0.356 e. The van der Waals surface area contributed by atoms with E-state index in [9.17, 15) is 4.79 Å². The highest BCUT2D eigenvalue weighted by atomic mass is 35.5. The Bertz CT molecular complexity index is 733. The minimum absolute atomic E-state index is 0.485. The van der Waals surface area contributed by atoms with Crippen molar-refractivity contribution in [2.24, 2.45) is 0 Å². The fourth-order valence-electron chi connectivity index (χ4n) is 1.96. The van der Waals surface area contributed by atoms with Crippen molar-refractivity contribution in [3.8, 4) is 11.3 Å². The minimum atomic E-state index is 0.485. The molecule has 0 aliphatic heterocycles. The van der Waals surface area contributed by atoms with Crippen molar-refractivity contribution < 1.29 is 9.32 Å². The van der Waals surface area contributed by atoms with Gasteiger partial charge in [-0.3, -0.25) is 4.79 Å². The smallest absolute Gasteiger partial charge is 0.167 e. The van der Waals surface area contributed by atoms with Crippen LogP contribution >= 0.6 is 11.6 Å². The van der Waals surface area contributed by atoms with Gasteiger partial charge >= 0.3 is 0 Å². The summed E-state index contributed by atoms with van der Waals surface area (Å²) in [4.78, 5) is 11.1. The summed E-state index contributed by atoms with van der Waals surface area (Å²) in [6.07, 6.45) is 0.769. The number of carbonyl (C=O) groups excluding carboxylic acids is 1. The summed E-state index contributed by atoms with van der Waals surface area (Å²) in [6, 6.07) is 12.6. The average molecular weight is 258 g/mol. The summed E-state index contributed by atoms with van der Waals surface area (Å²) < 4.78 is 5.23. The van der Waals surface area contributed by atoms with Crippen LogP contribution in [0.15, 0.2) is 47.0 Å². The normalized spacial score (nSPS) is 10.7. The Hall–Kier alpha value is -2.13. The molecule has 1 aromatic heterocycles. The summed E-state index contributed by atoms with van der Waals surface area (Å²) in [7, 11) is 0. The van der Waals surface area contributed by atoms with E-state index in [0.717, 1.165) is 11.7 Å². The van der Waals surface area contributed by atoms with Gasteiger partial charge in [-0.15, -0.1) is 0 Å². The van der Waals surface area contributed by atoms with Crippen LogP contribution in [0.4, 0.5) is 0 Å². The van der Waals surface area contributed by atoms with Crippen LogP contribution in [-0.2, 0) is 0 Å². The molecular formula is C14H8ClNO2. The molecule has 0 N–H and O–H groups in total. The largest absolute Gasteiger partial charge is 0.356 e. The second-order valence-electron chi connectivity index (χ2n) is 3.85. The number of rotatable bonds is 2. The molecule has 0 bridgehead atoms. The summed E-state index contributed by atoms with van der Waals surface area (Å²) >= 11 is 6.16. The van der Waals surface area contributed by atoms with Crippen LogP contribution in [0.25, 0.3) is 22.2 Å². The second kappa shape index (κ2) is 4.27. The number of aromatic nitrogens is 1. The number of para-hydroxylation sites is 1. The van der Waals surface area contributed by atoms with Gasteiger partial charge in [-0.2, -0.15) is 0 Å². The molecule has 3 aromatic rings. The molecule has 0 aliphatic carbocycles. The van der Waals surface area contributed by atoms with Crippen LogP contribution in [-0.4, -0.2) is 11.4 Å². The number of benzene rings is 2. The molecule has 4 heteroatoms. The Kier molecular flexibility index (Phi) is 2.61. The monoisotopic (exact) mass is 257 g/mol. The third kappa shape index (κ3) is 1.60. The van der Waals surface area contributed by atoms with Gasteiger partial charge < -0.3 is 4.52 Å². The molecular weight excluding hydrogens is 250 g/mol. The zero-order valence-corrected chi connectivity index (χ0v) is 10.0. The third-order valence-corrected chi connectivity index (χ3v) is 3.10. The SMILES string of the molecule is O=Cc1cccc(Cl)c1-c1noc2ccccc12. The first-order chi connectivity index (χ1) is 8.81. The highest BCUT2D eigenvalue weighted by molar-refractivity contribution is 6.34. The Morgan fingerprint density at radius 2 is 1.94 bits per heavy atom. The topological polar surface area (TPSA) is 43.1 Å². The molecule has 88 valence electrons. The van der Waals surface area contributed by atoms with Crippen molar-refractivity contribution in [2.75, 3.05) is 0 Å². The van der Waals surface area contributed by atoms with Crippen LogP contribution in [0.5, 0.6) is 0 Å². The lowest BCUT2D eigenvalue weighted by atomic mass is 10.0. The first-order valence-corrected chi connectivity index (χ1v) is 5.77. The summed E-state index contributed by atoms with van der Waals surface area (Å²) in [5.41, 5.74) is 2.38. The molecule has 0 radical (unpaired) electrons. The fourth-order valence-corrected chi connectivity index (χ4v) is 2.23. The quantitative estimate of drug-likeness (QED) is 0.653. The molecule has 0 amide bonds. The van der Waals surface area contributed by atoms with Crippen molar-refractivity contribution >= 4 is 28.9 Å². The lowest BCUT2D eigenvalue weighted by molar-refractivity contribution is 0.112. The van der Waals surface area contributed by atoms with E-state index in [0.29, 0.717) is 27.4 Å². The summed E-state index contributed by atoms with van der Waals surface area (Å²) in [6.45, 7) is 0. The molecule has 18 heavy (non-hydrogen) atoms. The number of halogens is 1. The number of hydrogen-bond donors (Lipinski definition) is 0. The number of hydrogen-bond acceptors (Lipinski definition) is 3. The summed E-state index contributed by atoms with van der Waals surface area (Å²) in [5.74, 6) is 0. The molecule has 0 spiro atoms. The maximum absolute atomic E-state index is 11.1.